The second kappa shape index (κ2) is 6.55. The predicted molar refractivity (Wildman–Crippen MR) is 70.2 cm³/mol. The van der Waals surface area contributed by atoms with Crippen molar-refractivity contribution >= 4 is 5.95 Å². The molecule has 1 atom stereocenters. The molecule has 1 aliphatic heterocycles. The Morgan fingerprint density at radius 1 is 1.35 bits per heavy atom. The lowest BCUT2D eigenvalue weighted by Crippen LogP contribution is -2.52. The number of piperazine rings is 1. The van der Waals surface area contributed by atoms with E-state index in [-0.39, 0.29) is 0 Å². The second-order valence-corrected chi connectivity index (χ2v) is 4.60. The lowest BCUT2D eigenvalue weighted by molar-refractivity contribution is 0.433. The Kier molecular flexibility index (Phi) is 4.74. The molecule has 0 amide bonds. The van der Waals surface area contributed by atoms with Crippen LogP contribution in [0.3, 0.4) is 0 Å². The van der Waals surface area contributed by atoms with Crippen LogP contribution in [0.1, 0.15) is 32.6 Å². The standard InChI is InChI=1S/C13H22N4/c1-2-3-4-6-12-11-14-9-10-17(12)13-15-7-5-8-16-13/h5,7-8,12,14H,2-4,6,9-11H2,1H3. The van der Waals surface area contributed by atoms with Crippen LogP contribution >= 0.6 is 0 Å². The van der Waals surface area contributed by atoms with Crippen molar-refractivity contribution in [1.29, 1.82) is 0 Å². The van der Waals surface area contributed by atoms with Crippen molar-refractivity contribution in [2.75, 3.05) is 24.5 Å². The van der Waals surface area contributed by atoms with E-state index in [0.29, 0.717) is 6.04 Å². The molecule has 1 saturated heterocycles. The number of hydrogen-bond donors (Lipinski definition) is 1. The van der Waals surface area contributed by atoms with E-state index in [2.05, 4.69) is 27.1 Å². The Morgan fingerprint density at radius 2 is 2.18 bits per heavy atom. The molecule has 17 heavy (non-hydrogen) atoms. The van der Waals surface area contributed by atoms with Crippen molar-refractivity contribution in [2.24, 2.45) is 0 Å². The molecule has 4 heteroatoms. The van der Waals surface area contributed by atoms with Gasteiger partial charge in [-0.3, -0.25) is 0 Å². The number of nitrogens with one attached hydrogen (secondary N) is 1. The number of aromatic nitrogens is 2. The monoisotopic (exact) mass is 234 g/mol. The molecule has 1 aliphatic rings. The molecule has 2 heterocycles. The Labute approximate surface area is 103 Å². The molecule has 1 fully saturated rings. The predicted octanol–water partition coefficient (Wildman–Crippen LogP) is 1.84. The first kappa shape index (κ1) is 12.3. The molecule has 4 nitrogen and oxygen atoms in total. The summed E-state index contributed by atoms with van der Waals surface area (Å²) in [6.45, 7) is 5.35. The second-order valence-electron chi connectivity index (χ2n) is 4.60. The third kappa shape index (κ3) is 3.40. The van der Waals surface area contributed by atoms with Gasteiger partial charge in [-0.05, 0) is 12.5 Å². The van der Waals surface area contributed by atoms with E-state index in [4.69, 9.17) is 0 Å². The third-order valence-electron chi connectivity index (χ3n) is 3.30. The quantitative estimate of drug-likeness (QED) is 0.789. The van der Waals surface area contributed by atoms with Gasteiger partial charge >= 0.3 is 0 Å². The van der Waals surface area contributed by atoms with Crippen molar-refractivity contribution in [3.63, 3.8) is 0 Å². The third-order valence-corrected chi connectivity index (χ3v) is 3.30. The van der Waals surface area contributed by atoms with Crippen molar-refractivity contribution in [1.82, 2.24) is 15.3 Å². The van der Waals surface area contributed by atoms with Gasteiger partial charge in [0, 0.05) is 38.1 Å². The number of nitrogens with zero attached hydrogens (tertiary/aromatic N) is 3. The van der Waals surface area contributed by atoms with E-state index in [0.717, 1.165) is 25.6 Å². The van der Waals surface area contributed by atoms with Crippen LogP contribution in [0.15, 0.2) is 18.5 Å². The molecular weight excluding hydrogens is 212 g/mol. The van der Waals surface area contributed by atoms with E-state index >= 15 is 0 Å². The highest BCUT2D eigenvalue weighted by Gasteiger charge is 2.23. The molecule has 1 N–H and O–H groups in total. The number of rotatable bonds is 5. The van der Waals surface area contributed by atoms with Crippen molar-refractivity contribution in [3.05, 3.63) is 18.5 Å². The van der Waals surface area contributed by atoms with Crippen LogP contribution in [0.25, 0.3) is 0 Å². The van der Waals surface area contributed by atoms with Crippen LogP contribution in [-0.4, -0.2) is 35.6 Å². The summed E-state index contributed by atoms with van der Waals surface area (Å²) in [5, 5.41) is 3.46. The Bertz CT molecular complexity index is 314. The Balaban J connectivity index is 1.97. The van der Waals surface area contributed by atoms with Gasteiger partial charge < -0.3 is 10.2 Å². The largest absolute Gasteiger partial charge is 0.335 e. The Morgan fingerprint density at radius 3 is 2.94 bits per heavy atom. The molecule has 1 aromatic heterocycles. The average molecular weight is 234 g/mol. The van der Waals surface area contributed by atoms with E-state index in [9.17, 15) is 0 Å². The van der Waals surface area contributed by atoms with Crippen LogP contribution in [0, 0.1) is 0 Å². The van der Waals surface area contributed by atoms with Crippen molar-refractivity contribution in [3.8, 4) is 0 Å². The molecule has 1 unspecified atom stereocenters. The molecule has 1 aromatic rings. The van der Waals surface area contributed by atoms with Gasteiger partial charge in [0.2, 0.25) is 5.95 Å². The zero-order valence-corrected chi connectivity index (χ0v) is 10.6. The van der Waals surface area contributed by atoms with Gasteiger partial charge in [-0.1, -0.05) is 26.2 Å². The molecule has 0 radical (unpaired) electrons. The topological polar surface area (TPSA) is 41.0 Å². The molecule has 0 aromatic carbocycles. The van der Waals surface area contributed by atoms with Gasteiger partial charge in [-0.25, -0.2) is 9.97 Å². The SMILES string of the molecule is CCCCCC1CNCCN1c1ncccn1. The maximum absolute atomic E-state index is 4.37. The summed E-state index contributed by atoms with van der Waals surface area (Å²) in [4.78, 5) is 11.1. The summed E-state index contributed by atoms with van der Waals surface area (Å²) < 4.78 is 0. The zero-order valence-electron chi connectivity index (χ0n) is 10.6. The maximum Gasteiger partial charge on any atom is 0.225 e. The lowest BCUT2D eigenvalue weighted by atomic mass is 10.1. The summed E-state index contributed by atoms with van der Waals surface area (Å²) in [5.74, 6) is 0.885. The number of anilines is 1. The fourth-order valence-corrected chi connectivity index (χ4v) is 2.35. The molecule has 94 valence electrons. The van der Waals surface area contributed by atoms with E-state index < -0.39 is 0 Å². The number of hydrogen-bond acceptors (Lipinski definition) is 4. The van der Waals surface area contributed by atoms with Gasteiger partial charge in [0.1, 0.15) is 0 Å². The summed E-state index contributed by atoms with van der Waals surface area (Å²) in [7, 11) is 0. The van der Waals surface area contributed by atoms with Gasteiger partial charge in [0.15, 0.2) is 0 Å². The minimum absolute atomic E-state index is 0.553. The molecule has 0 spiro atoms. The van der Waals surface area contributed by atoms with E-state index in [1.807, 2.05) is 18.5 Å². The summed E-state index contributed by atoms with van der Waals surface area (Å²) >= 11 is 0. The highest BCUT2D eigenvalue weighted by molar-refractivity contribution is 5.31. The maximum atomic E-state index is 4.37. The van der Waals surface area contributed by atoms with Crippen LogP contribution < -0.4 is 10.2 Å². The van der Waals surface area contributed by atoms with E-state index in [1.165, 1.54) is 25.7 Å². The minimum Gasteiger partial charge on any atom is -0.335 e. The smallest absolute Gasteiger partial charge is 0.225 e. The van der Waals surface area contributed by atoms with Crippen molar-refractivity contribution < 1.29 is 0 Å². The molecule has 0 aliphatic carbocycles. The minimum atomic E-state index is 0.553. The van der Waals surface area contributed by atoms with Crippen LogP contribution in [0.2, 0.25) is 0 Å². The summed E-state index contributed by atoms with van der Waals surface area (Å²) in [6, 6.07) is 2.43. The first-order chi connectivity index (χ1) is 8.42. The van der Waals surface area contributed by atoms with Gasteiger partial charge in [-0.2, -0.15) is 0 Å². The summed E-state index contributed by atoms with van der Waals surface area (Å²) in [5.41, 5.74) is 0. The van der Waals surface area contributed by atoms with Gasteiger partial charge in [0.25, 0.3) is 0 Å². The first-order valence-electron chi connectivity index (χ1n) is 6.66. The van der Waals surface area contributed by atoms with Gasteiger partial charge in [-0.15, -0.1) is 0 Å². The van der Waals surface area contributed by atoms with Crippen LogP contribution in [-0.2, 0) is 0 Å². The summed E-state index contributed by atoms with van der Waals surface area (Å²) in [6.07, 6.45) is 8.79. The van der Waals surface area contributed by atoms with Crippen LogP contribution in [0.4, 0.5) is 5.95 Å². The molecular formula is C13H22N4. The highest BCUT2D eigenvalue weighted by atomic mass is 15.3. The molecule has 0 bridgehead atoms. The van der Waals surface area contributed by atoms with Gasteiger partial charge in [0.05, 0.1) is 0 Å². The number of unbranched alkanes of at least 4 members (excludes halogenated alkanes) is 2. The highest BCUT2D eigenvalue weighted by Crippen LogP contribution is 2.16. The fraction of sp³-hybridized carbons (Fsp3) is 0.692. The Hall–Kier alpha value is -1.16. The van der Waals surface area contributed by atoms with Crippen molar-refractivity contribution in [2.45, 2.75) is 38.6 Å². The normalized spacial score (nSPS) is 20.5. The zero-order chi connectivity index (χ0) is 11.9. The average Bonchev–Trinajstić information content (AvgIpc) is 2.41. The van der Waals surface area contributed by atoms with Crippen LogP contribution in [0.5, 0.6) is 0 Å². The lowest BCUT2D eigenvalue weighted by Gasteiger charge is -2.36. The first-order valence-corrected chi connectivity index (χ1v) is 6.66. The van der Waals surface area contributed by atoms with E-state index in [1.54, 1.807) is 0 Å². The molecule has 2 rings (SSSR count). The molecule has 0 saturated carbocycles. The fourth-order valence-electron chi connectivity index (χ4n) is 2.35.